The van der Waals surface area contributed by atoms with E-state index < -0.39 is 0 Å². The van der Waals surface area contributed by atoms with E-state index in [-0.39, 0.29) is 0 Å². The van der Waals surface area contributed by atoms with Crippen LogP contribution >= 0.6 is 0 Å². The minimum Gasteiger partial charge on any atom is -0.493 e. The standard InChI is InChI=1S/C12H13N3O3/c1-16-8-4-3-5-9(17-2)12(8)18-11-6-10(13)14-7-15-11/h3-7H,1-2H3,(H2,13,14,15). The lowest BCUT2D eigenvalue weighted by Gasteiger charge is -2.12. The number of nitrogen functional groups attached to an aromatic ring is 1. The summed E-state index contributed by atoms with van der Waals surface area (Å²) in [6.07, 6.45) is 1.33. The van der Waals surface area contributed by atoms with Gasteiger partial charge in [0, 0.05) is 6.07 Å². The van der Waals surface area contributed by atoms with Gasteiger partial charge in [0.05, 0.1) is 14.2 Å². The fourth-order valence-corrected chi connectivity index (χ4v) is 1.43. The molecule has 2 aromatic rings. The molecule has 0 bridgehead atoms. The zero-order valence-electron chi connectivity index (χ0n) is 10.1. The molecule has 6 nitrogen and oxygen atoms in total. The van der Waals surface area contributed by atoms with Crippen molar-refractivity contribution in [1.29, 1.82) is 0 Å². The Hall–Kier alpha value is -2.50. The number of rotatable bonds is 4. The van der Waals surface area contributed by atoms with Gasteiger partial charge in [-0.3, -0.25) is 0 Å². The van der Waals surface area contributed by atoms with Gasteiger partial charge in [-0.1, -0.05) is 6.07 Å². The lowest BCUT2D eigenvalue weighted by atomic mass is 10.3. The van der Waals surface area contributed by atoms with E-state index >= 15 is 0 Å². The second-order valence-corrected chi connectivity index (χ2v) is 3.37. The van der Waals surface area contributed by atoms with Crippen LogP contribution in [-0.4, -0.2) is 24.2 Å². The summed E-state index contributed by atoms with van der Waals surface area (Å²) < 4.78 is 16.0. The number of benzene rings is 1. The van der Waals surface area contributed by atoms with Gasteiger partial charge in [-0.25, -0.2) is 9.97 Å². The lowest BCUT2D eigenvalue weighted by Crippen LogP contribution is -1.97. The minimum atomic E-state index is 0.324. The number of aromatic nitrogens is 2. The molecule has 0 aliphatic heterocycles. The zero-order chi connectivity index (χ0) is 13.0. The second kappa shape index (κ2) is 5.22. The molecule has 1 heterocycles. The summed E-state index contributed by atoms with van der Waals surface area (Å²) in [5, 5.41) is 0. The van der Waals surface area contributed by atoms with Crippen molar-refractivity contribution in [1.82, 2.24) is 9.97 Å². The third-order valence-electron chi connectivity index (χ3n) is 2.25. The molecule has 18 heavy (non-hydrogen) atoms. The number of nitrogens with zero attached hydrogens (tertiary/aromatic N) is 2. The highest BCUT2D eigenvalue weighted by molar-refractivity contribution is 5.52. The van der Waals surface area contributed by atoms with Crippen LogP contribution in [0, 0.1) is 0 Å². The van der Waals surface area contributed by atoms with E-state index in [2.05, 4.69) is 9.97 Å². The van der Waals surface area contributed by atoms with Crippen LogP contribution in [0.3, 0.4) is 0 Å². The topological polar surface area (TPSA) is 79.5 Å². The number of hydrogen-bond acceptors (Lipinski definition) is 6. The molecule has 0 aliphatic carbocycles. The Balaban J connectivity index is 2.38. The third-order valence-corrected chi connectivity index (χ3v) is 2.25. The molecular formula is C12H13N3O3. The van der Waals surface area contributed by atoms with Gasteiger partial charge < -0.3 is 19.9 Å². The maximum absolute atomic E-state index is 5.62. The molecule has 94 valence electrons. The van der Waals surface area contributed by atoms with Crippen molar-refractivity contribution in [2.24, 2.45) is 0 Å². The van der Waals surface area contributed by atoms with Crippen LogP contribution < -0.4 is 19.9 Å². The van der Waals surface area contributed by atoms with E-state index in [0.29, 0.717) is 28.9 Å². The molecular weight excluding hydrogens is 234 g/mol. The molecule has 0 radical (unpaired) electrons. The van der Waals surface area contributed by atoms with Crippen LogP contribution in [0.2, 0.25) is 0 Å². The Kier molecular flexibility index (Phi) is 3.47. The molecule has 0 aliphatic rings. The quantitative estimate of drug-likeness (QED) is 0.888. The van der Waals surface area contributed by atoms with Gasteiger partial charge in [-0.2, -0.15) is 0 Å². The van der Waals surface area contributed by atoms with Gasteiger partial charge in [-0.15, -0.1) is 0 Å². The number of anilines is 1. The first-order valence-corrected chi connectivity index (χ1v) is 5.21. The van der Waals surface area contributed by atoms with Gasteiger partial charge in [0.25, 0.3) is 0 Å². The number of nitrogens with two attached hydrogens (primary N) is 1. The fraction of sp³-hybridized carbons (Fsp3) is 0.167. The summed E-state index contributed by atoms with van der Waals surface area (Å²) in [6.45, 7) is 0. The average Bonchev–Trinajstić information content (AvgIpc) is 2.39. The molecule has 0 amide bonds. The summed E-state index contributed by atoms with van der Waals surface area (Å²) >= 11 is 0. The SMILES string of the molecule is COc1cccc(OC)c1Oc1cc(N)ncn1. The van der Waals surface area contributed by atoms with Gasteiger partial charge in [0.2, 0.25) is 11.6 Å². The molecule has 0 atom stereocenters. The summed E-state index contributed by atoms with van der Waals surface area (Å²) in [5.74, 6) is 2.19. The molecule has 1 aromatic carbocycles. The van der Waals surface area contributed by atoms with Crippen molar-refractivity contribution in [2.45, 2.75) is 0 Å². The molecule has 2 rings (SSSR count). The Morgan fingerprint density at radius 3 is 2.28 bits per heavy atom. The Morgan fingerprint density at radius 2 is 1.72 bits per heavy atom. The zero-order valence-corrected chi connectivity index (χ0v) is 10.1. The molecule has 0 fully saturated rings. The maximum atomic E-state index is 5.62. The molecule has 1 aromatic heterocycles. The molecule has 6 heteroatoms. The molecule has 2 N–H and O–H groups in total. The van der Waals surface area contributed by atoms with Crippen molar-refractivity contribution in [3.8, 4) is 23.1 Å². The van der Waals surface area contributed by atoms with Crippen LogP contribution in [-0.2, 0) is 0 Å². The van der Waals surface area contributed by atoms with Crippen LogP contribution in [0.25, 0.3) is 0 Å². The fourth-order valence-electron chi connectivity index (χ4n) is 1.43. The first kappa shape index (κ1) is 12.0. The van der Waals surface area contributed by atoms with Crippen molar-refractivity contribution < 1.29 is 14.2 Å². The Morgan fingerprint density at radius 1 is 1.06 bits per heavy atom. The van der Waals surface area contributed by atoms with Gasteiger partial charge in [-0.05, 0) is 12.1 Å². The number of hydrogen-bond donors (Lipinski definition) is 1. The van der Waals surface area contributed by atoms with Crippen molar-refractivity contribution >= 4 is 5.82 Å². The van der Waals surface area contributed by atoms with Gasteiger partial charge in [0.1, 0.15) is 12.1 Å². The molecule has 0 saturated heterocycles. The third kappa shape index (κ3) is 2.42. The van der Waals surface area contributed by atoms with E-state index in [0.717, 1.165) is 0 Å². The van der Waals surface area contributed by atoms with E-state index in [1.165, 1.54) is 12.4 Å². The Bertz CT molecular complexity index is 524. The molecule has 0 saturated carbocycles. The van der Waals surface area contributed by atoms with E-state index in [1.54, 1.807) is 32.4 Å². The Labute approximate surface area is 104 Å². The van der Waals surface area contributed by atoms with Crippen molar-refractivity contribution in [3.05, 3.63) is 30.6 Å². The smallest absolute Gasteiger partial charge is 0.224 e. The highest BCUT2D eigenvalue weighted by Crippen LogP contribution is 2.39. The van der Waals surface area contributed by atoms with E-state index in [4.69, 9.17) is 19.9 Å². The number of para-hydroxylation sites is 1. The van der Waals surface area contributed by atoms with Crippen molar-refractivity contribution in [2.75, 3.05) is 20.0 Å². The van der Waals surface area contributed by atoms with Crippen molar-refractivity contribution in [3.63, 3.8) is 0 Å². The summed E-state index contributed by atoms with van der Waals surface area (Å²) in [7, 11) is 3.10. The average molecular weight is 247 g/mol. The maximum Gasteiger partial charge on any atom is 0.224 e. The minimum absolute atomic E-state index is 0.324. The van der Waals surface area contributed by atoms with Crippen LogP contribution in [0.1, 0.15) is 0 Å². The van der Waals surface area contributed by atoms with Crippen LogP contribution in [0.5, 0.6) is 23.1 Å². The number of methoxy groups -OCH3 is 2. The summed E-state index contributed by atoms with van der Waals surface area (Å²) in [4.78, 5) is 7.75. The van der Waals surface area contributed by atoms with Gasteiger partial charge in [0.15, 0.2) is 11.5 Å². The normalized spacial score (nSPS) is 9.89. The molecule has 0 spiro atoms. The summed E-state index contributed by atoms with van der Waals surface area (Å²) in [5.41, 5.74) is 5.56. The monoisotopic (exact) mass is 247 g/mol. The molecule has 0 unspecified atom stereocenters. The number of ether oxygens (including phenoxy) is 3. The van der Waals surface area contributed by atoms with E-state index in [1.807, 2.05) is 0 Å². The predicted octanol–water partition coefficient (Wildman–Crippen LogP) is 1.87. The highest BCUT2D eigenvalue weighted by atomic mass is 16.5. The first-order chi connectivity index (χ1) is 8.74. The van der Waals surface area contributed by atoms with Crippen LogP contribution in [0.15, 0.2) is 30.6 Å². The summed E-state index contributed by atoms with van der Waals surface area (Å²) in [6, 6.07) is 6.86. The first-order valence-electron chi connectivity index (χ1n) is 5.21. The lowest BCUT2D eigenvalue weighted by molar-refractivity contribution is 0.342. The second-order valence-electron chi connectivity index (χ2n) is 3.37. The predicted molar refractivity (Wildman–Crippen MR) is 66.1 cm³/mol. The van der Waals surface area contributed by atoms with Crippen LogP contribution in [0.4, 0.5) is 5.82 Å². The van der Waals surface area contributed by atoms with Gasteiger partial charge >= 0.3 is 0 Å². The highest BCUT2D eigenvalue weighted by Gasteiger charge is 2.13. The largest absolute Gasteiger partial charge is 0.493 e. The van der Waals surface area contributed by atoms with E-state index in [9.17, 15) is 0 Å².